The van der Waals surface area contributed by atoms with E-state index in [1.165, 1.54) is 0 Å². The number of thiophene rings is 1. The van der Waals surface area contributed by atoms with Crippen LogP contribution in [-0.4, -0.2) is 37.0 Å². The minimum atomic E-state index is -0.517. The second-order valence-electron chi connectivity index (χ2n) is 7.36. The Bertz CT molecular complexity index is 1050. The maximum atomic E-state index is 13.5. The Labute approximate surface area is 190 Å². The van der Waals surface area contributed by atoms with E-state index in [1.54, 1.807) is 41.5 Å². The van der Waals surface area contributed by atoms with Crippen LogP contribution in [0.25, 0.3) is 0 Å². The lowest BCUT2D eigenvalue weighted by Crippen LogP contribution is -2.48. The number of carbonyl (C=O) groups excluding carboxylic acids is 2. The smallest absolute Gasteiger partial charge is 0.254 e. The van der Waals surface area contributed by atoms with Crippen molar-refractivity contribution >= 4 is 34.8 Å². The van der Waals surface area contributed by atoms with Crippen molar-refractivity contribution in [3.05, 3.63) is 92.6 Å². The van der Waals surface area contributed by atoms with Crippen molar-refractivity contribution in [3.8, 4) is 0 Å². The fourth-order valence-corrected chi connectivity index (χ4v) is 4.99. The average molecular weight is 455 g/mol. The summed E-state index contributed by atoms with van der Waals surface area (Å²) in [6, 6.07) is 18.3. The number of methoxy groups -OCH3 is 1. The lowest BCUT2D eigenvalue weighted by molar-refractivity contribution is -0.124. The quantitative estimate of drug-likeness (QED) is 0.565. The van der Waals surface area contributed by atoms with Gasteiger partial charge in [0.15, 0.2) is 0 Å². The molecule has 2 amide bonds. The van der Waals surface area contributed by atoms with Gasteiger partial charge in [0.05, 0.1) is 18.6 Å². The van der Waals surface area contributed by atoms with Crippen molar-refractivity contribution in [2.75, 3.05) is 20.3 Å². The van der Waals surface area contributed by atoms with Gasteiger partial charge < -0.3 is 15.0 Å². The number of amides is 2. The molecule has 3 aromatic rings. The number of fused-ring (bicyclic) bond motifs is 1. The van der Waals surface area contributed by atoms with E-state index in [9.17, 15) is 9.59 Å². The van der Waals surface area contributed by atoms with E-state index in [1.807, 2.05) is 47.8 Å². The number of benzene rings is 2. The first-order valence-electron chi connectivity index (χ1n) is 10.0. The van der Waals surface area contributed by atoms with Gasteiger partial charge in [0, 0.05) is 35.7 Å². The SMILES string of the molecule is COCCN1C(=O)c2ccccc2[C@@H](C(=O)NCc2ccc(Cl)cc2)[C@H]1c1cccs1. The van der Waals surface area contributed by atoms with E-state index in [0.29, 0.717) is 30.3 Å². The average Bonchev–Trinajstić information content (AvgIpc) is 3.32. The molecule has 1 aliphatic rings. The van der Waals surface area contributed by atoms with Crippen LogP contribution >= 0.6 is 22.9 Å². The predicted octanol–water partition coefficient (Wildman–Crippen LogP) is 4.65. The van der Waals surface area contributed by atoms with Gasteiger partial charge in [-0.25, -0.2) is 0 Å². The number of nitrogens with one attached hydrogen (secondary N) is 1. The summed E-state index contributed by atoms with van der Waals surface area (Å²) in [4.78, 5) is 29.6. The van der Waals surface area contributed by atoms with Crippen LogP contribution in [0.2, 0.25) is 5.02 Å². The third-order valence-corrected chi connectivity index (χ3v) is 6.67. The summed E-state index contributed by atoms with van der Waals surface area (Å²) in [6.07, 6.45) is 0. The Balaban J connectivity index is 1.70. The van der Waals surface area contributed by atoms with Gasteiger partial charge in [-0.05, 0) is 40.8 Å². The Kier molecular flexibility index (Phi) is 6.70. The Morgan fingerprint density at radius 2 is 1.90 bits per heavy atom. The zero-order valence-corrected chi connectivity index (χ0v) is 18.7. The summed E-state index contributed by atoms with van der Waals surface area (Å²) >= 11 is 7.52. The lowest BCUT2D eigenvalue weighted by atomic mass is 9.81. The first-order valence-corrected chi connectivity index (χ1v) is 11.3. The largest absolute Gasteiger partial charge is 0.383 e. The van der Waals surface area contributed by atoms with Crippen LogP contribution in [0.15, 0.2) is 66.0 Å². The molecule has 0 unspecified atom stereocenters. The number of carbonyl (C=O) groups is 2. The second kappa shape index (κ2) is 9.64. The Morgan fingerprint density at radius 3 is 2.61 bits per heavy atom. The number of hydrogen-bond donors (Lipinski definition) is 1. The summed E-state index contributed by atoms with van der Waals surface area (Å²) < 4.78 is 5.26. The lowest BCUT2D eigenvalue weighted by Gasteiger charge is -2.41. The highest BCUT2D eigenvalue weighted by Gasteiger charge is 2.44. The summed E-state index contributed by atoms with van der Waals surface area (Å²) in [5.41, 5.74) is 2.29. The molecule has 1 aromatic heterocycles. The zero-order valence-electron chi connectivity index (χ0n) is 17.1. The second-order valence-corrected chi connectivity index (χ2v) is 8.78. The molecule has 0 saturated heterocycles. The van der Waals surface area contributed by atoms with E-state index in [0.717, 1.165) is 16.0 Å². The van der Waals surface area contributed by atoms with Crippen LogP contribution in [0, 0.1) is 0 Å². The zero-order chi connectivity index (χ0) is 21.8. The molecule has 7 heteroatoms. The Morgan fingerprint density at radius 1 is 1.13 bits per heavy atom. The molecule has 2 heterocycles. The van der Waals surface area contributed by atoms with Crippen LogP contribution in [0.3, 0.4) is 0 Å². The van der Waals surface area contributed by atoms with Gasteiger partial charge in [0.25, 0.3) is 5.91 Å². The van der Waals surface area contributed by atoms with Gasteiger partial charge in [0.2, 0.25) is 5.91 Å². The van der Waals surface area contributed by atoms with E-state index >= 15 is 0 Å². The Hall–Kier alpha value is -2.67. The standard InChI is InChI=1S/C24H23ClN2O3S/c1-30-13-12-27-22(20-7-4-14-31-20)21(18-5-2-3-6-19(18)24(27)29)23(28)26-15-16-8-10-17(25)11-9-16/h2-11,14,21-22H,12-13,15H2,1H3,(H,26,28)/t21-,22-/m1/s1. The van der Waals surface area contributed by atoms with Gasteiger partial charge in [0.1, 0.15) is 0 Å². The summed E-state index contributed by atoms with van der Waals surface area (Å²) in [5.74, 6) is -0.708. The van der Waals surface area contributed by atoms with Crippen molar-refractivity contribution in [2.24, 2.45) is 0 Å². The van der Waals surface area contributed by atoms with Gasteiger partial charge >= 0.3 is 0 Å². The minimum Gasteiger partial charge on any atom is -0.383 e. The van der Waals surface area contributed by atoms with E-state index in [2.05, 4.69) is 5.32 Å². The normalized spacial score (nSPS) is 18.0. The molecule has 1 N–H and O–H groups in total. The van der Waals surface area contributed by atoms with Crippen LogP contribution in [-0.2, 0) is 16.1 Å². The first-order chi connectivity index (χ1) is 15.1. The molecule has 1 aliphatic heterocycles. The van der Waals surface area contributed by atoms with Gasteiger partial charge in [-0.1, -0.05) is 48.0 Å². The molecule has 160 valence electrons. The number of halogens is 1. The van der Waals surface area contributed by atoms with Crippen molar-refractivity contribution in [1.29, 1.82) is 0 Å². The van der Waals surface area contributed by atoms with E-state index in [4.69, 9.17) is 16.3 Å². The van der Waals surface area contributed by atoms with Crippen LogP contribution in [0.5, 0.6) is 0 Å². The molecule has 0 bridgehead atoms. The molecule has 4 rings (SSSR count). The van der Waals surface area contributed by atoms with E-state index < -0.39 is 5.92 Å². The maximum absolute atomic E-state index is 13.5. The van der Waals surface area contributed by atoms with Gasteiger partial charge in [-0.2, -0.15) is 0 Å². The molecule has 0 radical (unpaired) electrons. The number of hydrogen-bond acceptors (Lipinski definition) is 4. The third kappa shape index (κ3) is 4.51. The van der Waals surface area contributed by atoms with Crippen LogP contribution in [0.4, 0.5) is 0 Å². The van der Waals surface area contributed by atoms with Gasteiger partial charge in [-0.3, -0.25) is 9.59 Å². The van der Waals surface area contributed by atoms with Crippen molar-refractivity contribution in [3.63, 3.8) is 0 Å². The summed E-state index contributed by atoms with van der Waals surface area (Å²) in [5, 5.41) is 5.69. The topological polar surface area (TPSA) is 58.6 Å². The summed E-state index contributed by atoms with van der Waals surface area (Å²) in [7, 11) is 1.61. The molecule has 0 spiro atoms. The molecule has 2 atom stereocenters. The molecular formula is C24H23ClN2O3S. The van der Waals surface area contributed by atoms with Crippen LogP contribution in [0.1, 0.15) is 38.3 Å². The van der Waals surface area contributed by atoms with Crippen LogP contribution < -0.4 is 5.32 Å². The number of nitrogens with zero attached hydrogens (tertiary/aromatic N) is 1. The number of ether oxygens (including phenoxy) is 1. The minimum absolute atomic E-state index is 0.0761. The van der Waals surface area contributed by atoms with E-state index in [-0.39, 0.29) is 17.9 Å². The predicted molar refractivity (Wildman–Crippen MR) is 122 cm³/mol. The highest BCUT2D eigenvalue weighted by Crippen LogP contribution is 2.44. The molecule has 2 aromatic carbocycles. The summed E-state index contributed by atoms with van der Waals surface area (Å²) in [6.45, 7) is 1.19. The molecular weight excluding hydrogens is 432 g/mol. The molecule has 31 heavy (non-hydrogen) atoms. The molecule has 0 saturated carbocycles. The fourth-order valence-electron chi connectivity index (χ4n) is 3.99. The van der Waals surface area contributed by atoms with Gasteiger partial charge in [-0.15, -0.1) is 11.3 Å². The van der Waals surface area contributed by atoms with Crippen molar-refractivity contribution in [2.45, 2.75) is 18.5 Å². The third-order valence-electron chi connectivity index (χ3n) is 5.47. The fraction of sp³-hybridized carbons (Fsp3) is 0.250. The molecule has 0 fully saturated rings. The number of rotatable bonds is 7. The first kappa shape index (κ1) is 21.6. The monoisotopic (exact) mass is 454 g/mol. The molecule has 0 aliphatic carbocycles. The highest BCUT2D eigenvalue weighted by molar-refractivity contribution is 7.10. The highest BCUT2D eigenvalue weighted by atomic mass is 35.5. The van der Waals surface area contributed by atoms with Crippen molar-refractivity contribution in [1.82, 2.24) is 10.2 Å². The maximum Gasteiger partial charge on any atom is 0.254 e. The molecule has 5 nitrogen and oxygen atoms in total. The van der Waals surface area contributed by atoms with Crippen molar-refractivity contribution < 1.29 is 14.3 Å².